The second kappa shape index (κ2) is 8.06. The van der Waals surface area contributed by atoms with E-state index in [4.69, 9.17) is 14.2 Å². The highest BCUT2D eigenvalue weighted by Gasteiger charge is 2.37. The number of thioether (sulfide) groups is 1. The van der Waals surface area contributed by atoms with Gasteiger partial charge in [0.25, 0.3) is 11.1 Å². The number of benzene rings is 1. The van der Waals surface area contributed by atoms with Crippen molar-refractivity contribution in [3.8, 4) is 11.5 Å². The Balaban J connectivity index is 2.21. The summed E-state index contributed by atoms with van der Waals surface area (Å²) in [6.07, 6.45) is 1.24. The van der Waals surface area contributed by atoms with Crippen LogP contribution in [0, 0.1) is 0 Å². The molecule has 1 aromatic rings. The molecular weight excluding hydrogens is 346 g/mol. The number of methoxy groups -OCH3 is 2. The van der Waals surface area contributed by atoms with E-state index in [1.54, 1.807) is 38.1 Å². The Hall–Kier alpha value is -2.48. The van der Waals surface area contributed by atoms with Gasteiger partial charge in [-0.2, -0.15) is 0 Å². The quantitative estimate of drug-likeness (QED) is 0.566. The molecule has 2 rings (SSSR count). The van der Waals surface area contributed by atoms with E-state index >= 15 is 0 Å². The molecule has 7 nitrogen and oxygen atoms in total. The lowest BCUT2D eigenvalue weighted by Gasteiger charge is -2.13. The standard InChI is InChI=1S/C17H19NO6S/c1-10(2)24-15(19)9-18-16(20)14(25-17(18)21)7-11-5-6-12(22-3)8-13(11)23-4/h5-8,10H,9H2,1-4H3/b14-7-. The van der Waals surface area contributed by atoms with Crippen LogP contribution in [0.3, 0.4) is 0 Å². The Morgan fingerprint density at radius 3 is 2.56 bits per heavy atom. The highest BCUT2D eigenvalue weighted by atomic mass is 32.2. The van der Waals surface area contributed by atoms with Gasteiger partial charge in [-0.3, -0.25) is 19.3 Å². The Labute approximate surface area is 149 Å². The number of ether oxygens (including phenoxy) is 3. The van der Waals surface area contributed by atoms with Gasteiger partial charge < -0.3 is 14.2 Å². The van der Waals surface area contributed by atoms with Crippen molar-refractivity contribution < 1.29 is 28.6 Å². The summed E-state index contributed by atoms with van der Waals surface area (Å²) in [4.78, 5) is 37.2. The molecule has 0 radical (unpaired) electrons. The van der Waals surface area contributed by atoms with Crippen molar-refractivity contribution in [1.29, 1.82) is 0 Å². The van der Waals surface area contributed by atoms with Gasteiger partial charge in [-0.15, -0.1) is 0 Å². The number of hydrogen-bond acceptors (Lipinski definition) is 7. The molecule has 1 saturated heterocycles. The van der Waals surface area contributed by atoms with Gasteiger partial charge in [0.1, 0.15) is 18.0 Å². The zero-order valence-corrected chi connectivity index (χ0v) is 15.2. The van der Waals surface area contributed by atoms with E-state index < -0.39 is 23.7 Å². The first-order valence-corrected chi connectivity index (χ1v) is 8.34. The van der Waals surface area contributed by atoms with E-state index in [0.29, 0.717) is 17.1 Å². The van der Waals surface area contributed by atoms with E-state index in [0.717, 1.165) is 16.7 Å². The van der Waals surface area contributed by atoms with Crippen LogP contribution in [-0.4, -0.2) is 48.9 Å². The highest BCUT2D eigenvalue weighted by molar-refractivity contribution is 8.18. The number of amides is 2. The first-order chi connectivity index (χ1) is 11.8. The Bertz CT molecular complexity index is 728. The molecule has 0 aromatic heterocycles. The minimum Gasteiger partial charge on any atom is -0.497 e. The van der Waals surface area contributed by atoms with Crippen LogP contribution in [0.1, 0.15) is 19.4 Å². The van der Waals surface area contributed by atoms with Crippen molar-refractivity contribution in [2.75, 3.05) is 20.8 Å². The van der Waals surface area contributed by atoms with E-state index in [1.807, 2.05) is 0 Å². The van der Waals surface area contributed by atoms with Crippen LogP contribution >= 0.6 is 11.8 Å². The second-order valence-electron chi connectivity index (χ2n) is 5.41. The molecule has 0 aliphatic carbocycles. The average Bonchev–Trinajstić information content (AvgIpc) is 2.82. The fraction of sp³-hybridized carbons (Fsp3) is 0.353. The molecule has 0 unspecified atom stereocenters. The van der Waals surface area contributed by atoms with Gasteiger partial charge in [0.05, 0.1) is 25.2 Å². The first-order valence-electron chi connectivity index (χ1n) is 7.52. The molecular formula is C17H19NO6S. The minimum atomic E-state index is -0.624. The summed E-state index contributed by atoms with van der Waals surface area (Å²) in [5.41, 5.74) is 0.624. The van der Waals surface area contributed by atoms with Gasteiger partial charge in [-0.25, -0.2) is 0 Å². The molecule has 25 heavy (non-hydrogen) atoms. The van der Waals surface area contributed by atoms with Crippen molar-refractivity contribution in [2.45, 2.75) is 20.0 Å². The van der Waals surface area contributed by atoms with Crippen LogP contribution in [0.4, 0.5) is 4.79 Å². The zero-order valence-electron chi connectivity index (χ0n) is 14.4. The molecule has 0 N–H and O–H groups in total. The average molecular weight is 365 g/mol. The van der Waals surface area contributed by atoms with Crippen LogP contribution in [0.25, 0.3) is 6.08 Å². The minimum absolute atomic E-state index is 0.214. The SMILES string of the molecule is COc1ccc(/C=C2\SC(=O)N(CC(=O)OC(C)C)C2=O)c(OC)c1. The third kappa shape index (κ3) is 4.54. The molecule has 2 amide bonds. The first kappa shape index (κ1) is 18.9. The third-order valence-electron chi connectivity index (χ3n) is 3.26. The number of carbonyl (C=O) groups is 3. The molecule has 1 aliphatic heterocycles. The number of carbonyl (C=O) groups excluding carboxylic acids is 3. The number of esters is 1. The van der Waals surface area contributed by atoms with Crippen LogP contribution in [0.15, 0.2) is 23.1 Å². The normalized spacial score (nSPS) is 15.9. The predicted molar refractivity (Wildman–Crippen MR) is 93.5 cm³/mol. The summed E-state index contributed by atoms with van der Waals surface area (Å²) < 4.78 is 15.4. The summed E-state index contributed by atoms with van der Waals surface area (Å²) in [6.45, 7) is 2.99. The number of imide groups is 1. The van der Waals surface area contributed by atoms with Gasteiger partial charge in [0.15, 0.2) is 0 Å². The summed E-state index contributed by atoms with van der Waals surface area (Å²) >= 11 is 0.771. The van der Waals surface area contributed by atoms with E-state index in [1.165, 1.54) is 14.2 Å². The molecule has 1 aliphatic rings. The molecule has 0 saturated carbocycles. The van der Waals surface area contributed by atoms with Crippen molar-refractivity contribution in [2.24, 2.45) is 0 Å². The maximum atomic E-state index is 12.4. The van der Waals surface area contributed by atoms with Gasteiger partial charge in [-0.05, 0) is 43.8 Å². The lowest BCUT2D eigenvalue weighted by Crippen LogP contribution is -2.35. The molecule has 1 aromatic carbocycles. The smallest absolute Gasteiger partial charge is 0.326 e. The van der Waals surface area contributed by atoms with Crippen LogP contribution in [0.2, 0.25) is 0 Å². The Kier molecular flexibility index (Phi) is 6.08. The summed E-state index contributed by atoms with van der Waals surface area (Å²) in [5, 5.41) is -0.510. The zero-order chi connectivity index (χ0) is 18.6. The van der Waals surface area contributed by atoms with E-state index in [2.05, 4.69) is 0 Å². The lowest BCUT2D eigenvalue weighted by atomic mass is 10.1. The molecule has 8 heteroatoms. The molecule has 1 fully saturated rings. The summed E-state index contributed by atoms with van der Waals surface area (Å²) in [6, 6.07) is 5.12. The largest absolute Gasteiger partial charge is 0.497 e. The van der Waals surface area contributed by atoms with Crippen LogP contribution in [-0.2, 0) is 14.3 Å². The molecule has 0 atom stereocenters. The van der Waals surface area contributed by atoms with E-state index in [9.17, 15) is 14.4 Å². The monoisotopic (exact) mass is 365 g/mol. The third-order valence-corrected chi connectivity index (χ3v) is 4.16. The Morgan fingerprint density at radius 2 is 1.96 bits per heavy atom. The van der Waals surface area contributed by atoms with Crippen LogP contribution in [0.5, 0.6) is 11.5 Å². The van der Waals surface area contributed by atoms with Crippen molar-refractivity contribution in [3.05, 3.63) is 28.7 Å². The number of nitrogens with zero attached hydrogens (tertiary/aromatic N) is 1. The van der Waals surface area contributed by atoms with Gasteiger partial charge in [-0.1, -0.05) is 0 Å². The number of hydrogen-bond donors (Lipinski definition) is 0. The molecule has 0 spiro atoms. The van der Waals surface area contributed by atoms with Crippen molar-refractivity contribution in [3.63, 3.8) is 0 Å². The highest BCUT2D eigenvalue weighted by Crippen LogP contribution is 2.34. The fourth-order valence-corrected chi connectivity index (χ4v) is 2.97. The van der Waals surface area contributed by atoms with Gasteiger partial charge in [0, 0.05) is 11.6 Å². The fourth-order valence-electron chi connectivity index (χ4n) is 2.14. The number of rotatable bonds is 6. The van der Waals surface area contributed by atoms with Crippen LogP contribution < -0.4 is 9.47 Å². The molecule has 0 bridgehead atoms. The second-order valence-corrected chi connectivity index (χ2v) is 6.41. The lowest BCUT2D eigenvalue weighted by molar-refractivity contribution is -0.149. The molecule has 1 heterocycles. The molecule has 134 valence electrons. The van der Waals surface area contributed by atoms with Gasteiger partial charge in [0.2, 0.25) is 0 Å². The maximum absolute atomic E-state index is 12.4. The summed E-state index contributed by atoms with van der Waals surface area (Å²) in [7, 11) is 3.04. The maximum Gasteiger partial charge on any atom is 0.326 e. The predicted octanol–water partition coefficient (Wildman–Crippen LogP) is 2.69. The van der Waals surface area contributed by atoms with Gasteiger partial charge >= 0.3 is 5.97 Å². The van der Waals surface area contributed by atoms with Crippen molar-refractivity contribution >= 4 is 35.0 Å². The van der Waals surface area contributed by atoms with E-state index in [-0.39, 0.29) is 11.0 Å². The topological polar surface area (TPSA) is 82.1 Å². The Morgan fingerprint density at radius 1 is 1.24 bits per heavy atom. The summed E-state index contributed by atoms with van der Waals surface area (Å²) in [5.74, 6) is -0.0435. The van der Waals surface area contributed by atoms with Crippen molar-refractivity contribution in [1.82, 2.24) is 4.90 Å².